The van der Waals surface area contributed by atoms with Crippen LogP contribution in [0, 0.1) is 10.1 Å². The van der Waals surface area contributed by atoms with Crippen LogP contribution in [0.15, 0.2) is 36.8 Å². The van der Waals surface area contributed by atoms with Crippen LogP contribution >= 0.6 is 11.6 Å². The number of halogens is 1. The van der Waals surface area contributed by atoms with E-state index in [0.717, 1.165) is 16.4 Å². The van der Waals surface area contributed by atoms with E-state index in [1.165, 1.54) is 20.4 Å². The van der Waals surface area contributed by atoms with Crippen LogP contribution in [-0.2, 0) is 11.3 Å². The van der Waals surface area contributed by atoms with Gasteiger partial charge in [-0.3, -0.25) is 20.2 Å². The molecule has 1 unspecified atom stereocenters. The van der Waals surface area contributed by atoms with Gasteiger partial charge in [0.25, 0.3) is 5.91 Å². The molecule has 1 amide bonds. The smallest absolute Gasteiger partial charge is 0.350 e. The molecule has 2 heterocycles. The first-order chi connectivity index (χ1) is 13.4. The molecule has 0 radical (unpaired) electrons. The third-order valence-corrected chi connectivity index (χ3v) is 4.13. The second-order valence-corrected chi connectivity index (χ2v) is 6.25. The fraction of sp³-hybridized carbons (Fsp3) is 0.250. The summed E-state index contributed by atoms with van der Waals surface area (Å²) >= 11 is 5.86. The Labute approximate surface area is 164 Å². The molecule has 3 aromatic rings. The summed E-state index contributed by atoms with van der Waals surface area (Å²) in [6.45, 7) is 1.99. The van der Waals surface area contributed by atoms with Gasteiger partial charge in [0.1, 0.15) is 18.6 Å². The standard InChI is InChI=1S/C16H16ClN7O4/c1-10(23-8-13(24(26)27)15(20-23)28-2)14(25)19-16-18-9-22(21-16)7-11-3-5-12(17)6-4-11/h3-6,8-10H,7H2,1-2H3,(H,19,21,25). The summed E-state index contributed by atoms with van der Waals surface area (Å²) in [5.74, 6) is -0.543. The largest absolute Gasteiger partial charge is 0.475 e. The van der Waals surface area contributed by atoms with Gasteiger partial charge in [0, 0.05) is 5.02 Å². The van der Waals surface area contributed by atoms with Crippen molar-refractivity contribution in [2.24, 2.45) is 0 Å². The highest BCUT2D eigenvalue weighted by Crippen LogP contribution is 2.26. The van der Waals surface area contributed by atoms with Crippen molar-refractivity contribution in [1.82, 2.24) is 24.5 Å². The predicted molar refractivity (Wildman–Crippen MR) is 99.4 cm³/mol. The number of carbonyl (C=O) groups excluding carboxylic acids is 1. The SMILES string of the molecule is COc1nn(C(C)C(=O)Nc2ncn(Cc3ccc(Cl)cc3)n2)cc1[N+](=O)[O-]. The molecule has 28 heavy (non-hydrogen) atoms. The first-order valence-corrected chi connectivity index (χ1v) is 8.47. The molecule has 0 aliphatic heterocycles. The monoisotopic (exact) mass is 405 g/mol. The second-order valence-electron chi connectivity index (χ2n) is 5.82. The van der Waals surface area contributed by atoms with E-state index >= 15 is 0 Å². The molecule has 0 bridgehead atoms. The zero-order valence-corrected chi connectivity index (χ0v) is 15.7. The fourth-order valence-corrected chi connectivity index (χ4v) is 2.50. The van der Waals surface area contributed by atoms with Gasteiger partial charge >= 0.3 is 11.6 Å². The van der Waals surface area contributed by atoms with E-state index in [0.29, 0.717) is 11.6 Å². The van der Waals surface area contributed by atoms with Crippen molar-refractivity contribution in [3.8, 4) is 5.88 Å². The number of amides is 1. The summed E-state index contributed by atoms with van der Waals surface area (Å²) in [6.07, 6.45) is 2.62. The van der Waals surface area contributed by atoms with Crippen LogP contribution in [0.2, 0.25) is 5.02 Å². The summed E-state index contributed by atoms with van der Waals surface area (Å²) in [5.41, 5.74) is 0.643. The normalized spacial score (nSPS) is 11.8. The molecular formula is C16H16ClN7O4. The fourth-order valence-electron chi connectivity index (χ4n) is 2.37. The van der Waals surface area contributed by atoms with Gasteiger partial charge in [-0.15, -0.1) is 10.2 Å². The summed E-state index contributed by atoms with van der Waals surface area (Å²) in [7, 11) is 1.27. The van der Waals surface area contributed by atoms with E-state index in [2.05, 4.69) is 20.5 Å². The quantitative estimate of drug-likeness (QED) is 0.471. The average molecular weight is 406 g/mol. The average Bonchev–Trinajstić information content (AvgIpc) is 3.29. The van der Waals surface area contributed by atoms with E-state index in [1.807, 2.05) is 12.1 Å². The summed E-state index contributed by atoms with van der Waals surface area (Å²) in [6, 6.07) is 6.43. The van der Waals surface area contributed by atoms with Crippen LogP contribution in [0.3, 0.4) is 0 Å². The molecule has 0 saturated heterocycles. The van der Waals surface area contributed by atoms with Gasteiger partial charge in [-0.1, -0.05) is 23.7 Å². The van der Waals surface area contributed by atoms with Crippen LogP contribution in [-0.4, -0.2) is 42.5 Å². The van der Waals surface area contributed by atoms with Crippen LogP contribution in [0.1, 0.15) is 18.5 Å². The lowest BCUT2D eigenvalue weighted by Gasteiger charge is -2.10. The lowest BCUT2D eigenvalue weighted by Crippen LogP contribution is -2.24. The first kappa shape index (κ1) is 19.3. The minimum absolute atomic E-state index is 0.111. The zero-order chi connectivity index (χ0) is 20.3. The Morgan fingerprint density at radius 2 is 2.07 bits per heavy atom. The number of aromatic nitrogens is 5. The number of nitrogens with one attached hydrogen (secondary N) is 1. The molecule has 12 heteroatoms. The number of hydrogen-bond donors (Lipinski definition) is 1. The summed E-state index contributed by atoms with van der Waals surface area (Å²) in [5, 5.41) is 22.3. The molecule has 0 saturated carbocycles. The predicted octanol–water partition coefficient (Wildman–Crippen LogP) is 2.29. The van der Waals surface area contributed by atoms with Crippen molar-refractivity contribution in [2.45, 2.75) is 19.5 Å². The van der Waals surface area contributed by atoms with E-state index in [-0.39, 0.29) is 17.5 Å². The molecule has 1 aromatic carbocycles. The molecule has 0 aliphatic carbocycles. The third kappa shape index (κ3) is 4.26. The Morgan fingerprint density at radius 1 is 1.36 bits per heavy atom. The van der Waals surface area contributed by atoms with Crippen molar-refractivity contribution >= 4 is 29.1 Å². The van der Waals surface area contributed by atoms with Crippen LogP contribution in [0.5, 0.6) is 5.88 Å². The summed E-state index contributed by atoms with van der Waals surface area (Å²) < 4.78 is 7.57. The molecular weight excluding hydrogens is 390 g/mol. The topological polar surface area (TPSA) is 130 Å². The highest BCUT2D eigenvalue weighted by molar-refractivity contribution is 6.30. The lowest BCUT2D eigenvalue weighted by atomic mass is 10.2. The number of carbonyl (C=O) groups is 1. The number of hydrogen-bond acceptors (Lipinski definition) is 7. The van der Waals surface area contributed by atoms with Gasteiger partial charge in [0.05, 0.1) is 18.6 Å². The second kappa shape index (κ2) is 8.05. The highest BCUT2D eigenvalue weighted by Gasteiger charge is 2.25. The minimum Gasteiger partial charge on any atom is -0.475 e. The number of methoxy groups -OCH3 is 1. The maximum Gasteiger partial charge on any atom is 0.350 e. The molecule has 11 nitrogen and oxygen atoms in total. The van der Waals surface area contributed by atoms with Crippen molar-refractivity contribution in [3.63, 3.8) is 0 Å². The summed E-state index contributed by atoms with van der Waals surface area (Å²) in [4.78, 5) is 26.8. The van der Waals surface area contributed by atoms with Gasteiger partial charge in [0.2, 0.25) is 5.95 Å². The maximum absolute atomic E-state index is 12.4. The van der Waals surface area contributed by atoms with E-state index in [9.17, 15) is 14.9 Å². The number of rotatable bonds is 7. The van der Waals surface area contributed by atoms with E-state index in [4.69, 9.17) is 16.3 Å². The van der Waals surface area contributed by atoms with Crippen molar-refractivity contribution < 1.29 is 14.5 Å². The van der Waals surface area contributed by atoms with E-state index < -0.39 is 16.9 Å². The Balaban J connectivity index is 1.67. The molecule has 0 fully saturated rings. The Morgan fingerprint density at radius 3 is 2.68 bits per heavy atom. The Bertz CT molecular complexity index is 999. The molecule has 3 rings (SSSR count). The lowest BCUT2D eigenvalue weighted by molar-refractivity contribution is -0.385. The van der Waals surface area contributed by atoms with Crippen LogP contribution < -0.4 is 10.1 Å². The number of nitro groups is 1. The first-order valence-electron chi connectivity index (χ1n) is 8.09. The molecule has 1 N–H and O–H groups in total. The van der Waals surface area contributed by atoms with E-state index in [1.54, 1.807) is 16.8 Å². The highest BCUT2D eigenvalue weighted by atomic mass is 35.5. The number of ether oxygens (including phenoxy) is 1. The number of nitrogens with zero attached hydrogens (tertiary/aromatic N) is 6. The van der Waals surface area contributed by atoms with Gasteiger partial charge in [-0.05, 0) is 24.6 Å². The number of anilines is 1. The Kier molecular flexibility index (Phi) is 5.54. The molecule has 0 spiro atoms. The Hall–Kier alpha value is -3.47. The van der Waals surface area contributed by atoms with Crippen LogP contribution in [0.25, 0.3) is 0 Å². The van der Waals surface area contributed by atoms with Crippen molar-refractivity contribution in [2.75, 3.05) is 12.4 Å². The van der Waals surface area contributed by atoms with Crippen molar-refractivity contribution in [1.29, 1.82) is 0 Å². The zero-order valence-electron chi connectivity index (χ0n) is 14.9. The van der Waals surface area contributed by atoms with Gasteiger partial charge in [-0.25, -0.2) is 14.3 Å². The minimum atomic E-state index is -0.842. The maximum atomic E-state index is 12.4. The van der Waals surface area contributed by atoms with Gasteiger partial charge < -0.3 is 4.74 Å². The molecule has 0 aliphatic rings. The molecule has 2 aromatic heterocycles. The number of benzene rings is 1. The molecule has 146 valence electrons. The van der Waals surface area contributed by atoms with Crippen LogP contribution in [0.4, 0.5) is 11.6 Å². The van der Waals surface area contributed by atoms with Gasteiger partial charge in [-0.2, -0.15) is 0 Å². The molecule has 1 atom stereocenters. The van der Waals surface area contributed by atoms with Gasteiger partial charge in [0.15, 0.2) is 0 Å². The van der Waals surface area contributed by atoms with Crippen molar-refractivity contribution in [3.05, 3.63) is 57.5 Å². The third-order valence-electron chi connectivity index (χ3n) is 3.88.